The predicted octanol–water partition coefficient (Wildman–Crippen LogP) is 5.61. The van der Waals surface area contributed by atoms with Gasteiger partial charge in [-0.25, -0.2) is 0 Å². The molecule has 0 saturated heterocycles. The van der Waals surface area contributed by atoms with E-state index in [1.165, 1.54) is 27.5 Å². The van der Waals surface area contributed by atoms with E-state index in [9.17, 15) is 0 Å². The first kappa shape index (κ1) is 14.8. The summed E-state index contributed by atoms with van der Waals surface area (Å²) in [5, 5.41) is 5.99. The lowest BCUT2D eigenvalue weighted by Crippen LogP contribution is -2.27. The number of hydrogen-bond acceptors (Lipinski definition) is 2. The minimum absolute atomic E-state index is 0.154. The fourth-order valence-electron chi connectivity index (χ4n) is 3.54. The molecule has 2 heteroatoms. The van der Waals surface area contributed by atoms with Crippen molar-refractivity contribution in [2.24, 2.45) is 0 Å². The number of anilines is 1. The van der Waals surface area contributed by atoms with Gasteiger partial charge in [-0.1, -0.05) is 48.0 Å². The molecule has 0 radical (unpaired) electrons. The van der Waals surface area contributed by atoms with Crippen molar-refractivity contribution in [1.82, 2.24) is 0 Å². The van der Waals surface area contributed by atoms with Crippen LogP contribution in [0.15, 0.2) is 54.6 Å². The van der Waals surface area contributed by atoms with Gasteiger partial charge in [-0.2, -0.15) is 0 Å². The Kier molecular flexibility index (Phi) is 3.53. The normalized spacial score (nSPS) is 15.9. The third kappa shape index (κ3) is 2.54. The summed E-state index contributed by atoms with van der Waals surface area (Å²) in [6.07, 6.45) is 4.10. The Balaban J connectivity index is 1.66. The summed E-state index contributed by atoms with van der Waals surface area (Å²) in [5.41, 5.74) is 6.08. The average Bonchev–Trinajstić information content (AvgIpc) is 2.57. The molecule has 1 heterocycles. The molecule has 0 bridgehead atoms. The quantitative estimate of drug-likeness (QED) is 0.664. The highest BCUT2D eigenvalue weighted by atomic mass is 16.5. The molecule has 120 valence electrons. The van der Waals surface area contributed by atoms with Gasteiger partial charge in [-0.15, -0.1) is 0 Å². The Bertz CT molecular complexity index is 932. The standard InChI is InChI=1S/C22H21NO/c1-14-12-15(2)22(16(3)13-14)23-21-11-9-19-18-7-5-4-6-17(18)8-10-20(19)24-21/h4-13,21,23H,1-3H3. The number of nitrogens with one attached hydrogen (secondary N) is 1. The summed E-state index contributed by atoms with van der Waals surface area (Å²) < 4.78 is 6.19. The van der Waals surface area contributed by atoms with E-state index in [0.29, 0.717) is 0 Å². The molecule has 1 N–H and O–H groups in total. The summed E-state index contributed by atoms with van der Waals surface area (Å²) in [6.45, 7) is 6.40. The van der Waals surface area contributed by atoms with Gasteiger partial charge in [0, 0.05) is 11.3 Å². The molecule has 2 nitrogen and oxygen atoms in total. The molecule has 24 heavy (non-hydrogen) atoms. The molecule has 0 fully saturated rings. The molecule has 4 rings (SSSR count). The highest BCUT2D eigenvalue weighted by molar-refractivity contribution is 5.93. The van der Waals surface area contributed by atoms with Crippen molar-refractivity contribution in [3.63, 3.8) is 0 Å². The van der Waals surface area contributed by atoms with Crippen LogP contribution in [0.2, 0.25) is 0 Å². The Hall–Kier alpha value is -2.74. The second kappa shape index (κ2) is 5.72. The predicted molar refractivity (Wildman–Crippen MR) is 102 cm³/mol. The summed E-state index contributed by atoms with van der Waals surface area (Å²) >= 11 is 0. The van der Waals surface area contributed by atoms with Crippen LogP contribution in [0.25, 0.3) is 16.8 Å². The van der Waals surface area contributed by atoms with Gasteiger partial charge in [0.1, 0.15) is 5.75 Å². The van der Waals surface area contributed by atoms with E-state index >= 15 is 0 Å². The van der Waals surface area contributed by atoms with Gasteiger partial charge in [0.2, 0.25) is 0 Å². The van der Waals surface area contributed by atoms with Gasteiger partial charge in [-0.3, -0.25) is 0 Å². The average molecular weight is 315 g/mol. The van der Waals surface area contributed by atoms with E-state index in [4.69, 9.17) is 4.74 Å². The molecule has 1 unspecified atom stereocenters. The Morgan fingerprint density at radius 2 is 1.67 bits per heavy atom. The fraction of sp³-hybridized carbons (Fsp3) is 0.182. The van der Waals surface area contributed by atoms with Crippen molar-refractivity contribution in [1.29, 1.82) is 0 Å². The van der Waals surface area contributed by atoms with Crippen molar-refractivity contribution in [3.05, 3.63) is 76.9 Å². The van der Waals surface area contributed by atoms with Crippen LogP contribution < -0.4 is 10.1 Å². The van der Waals surface area contributed by atoms with Crippen molar-refractivity contribution >= 4 is 22.5 Å². The van der Waals surface area contributed by atoms with Crippen LogP contribution in [0, 0.1) is 20.8 Å². The van der Waals surface area contributed by atoms with Gasteiger partial charge in [-0.05, 0) is 60.9 Å². The number of benzene rings is 3. The first-order chi connectivity index (χ1) is 11.6. The molecule has 1 atom stereocenters. The van der Waals surface area contributed by atoms with Crippen LogP contribution in [-0.4, -0.2) is 6.23 Å². The van der Waals surface area contributed by atoms with Gasteiger partial charge < -0.3 is 10.1 Å². The Labute approximate surface area is 142 Å². The van der Waals surface area contributed by atoms with Crippen LogP contribution in [-0.2, 0) is 0 Å². The maximum absolute atomic E-state index is 6.19. The van der Waals surface area contributed by atoms with Gasteiger partial charge >= 0.3 is 0 Å². The van der Waals surface area contributed by atoms with E-state index in [1.54, 1.807) is 0 Å². The van der Waals surface area contributed by atoms with Crippen LogP contribution in [0.5, 0.6) is 5.75 Å². The second-order valence-corrected chi connectivity index (χ2v) is 6.51. The monoisotopic (exact) mass is 315 g/mol. The largest absolute Gasteiger partial charge is 0.466 e. The van der Waals surface area contributed by atoms with Crippen molar-refractivity contribution < 1.29 is 4.74 Å². The van der Waals surface area contributed by atoms with Crippen molar-refractivity contribution in [2.45, 2.75) is 27.0 Å². The molecule has 1 aliphatic rings. The summed E-state index contributed by atoms with van der Waals surface area (Å²) in [7, 11) is 0. The van der Waals surface area contributed by atoms with Crippen LogP contribution in [0.1, 0.15) is 22.3 Å². The maximum atomic E-state index is 6.19. The molecule has 0 spiro atoms. The Morgan fingerprint density at radius 3 is 2.46 bits per heavy atom. The topological polar surface area (TPSA) is 21.3 Å². The lowest BCUT2D eigenvalue weighted by molar-refractivity contribution is 0.274. The van der Waals surface area contributed by atoms with E-state index in [-0.39, 0.29) is 6.23 Å². The van der Waals surface area contributed by atoms with Gasteiger partial charge in [0.15, 0.2) is 6.23 Å². The minimum atomic E-state index is -0.154. The number of rotatable bonds is 2. The van der Waals surface area contributed by atoms with E-state index in [1.807, 2.05) is 0 Å². The molecule has 3 aromatic rings. The SMILES string of the molecule is Cc1cc(C)c(NC2C=Cc3c(ccc4ccccc34)O2)c(C)c1. The van der Waals surface area contributed by atoms with Crippen molar-refractivity contribution in [3.8, 4) is 5.75 Å². The zero-order valence-corrected chi connectivity index (χ0v) is 14.3. The molecular formula is C22H21NO. The summed E-state index contributed by atoms with van der Waals surface area (Å²) in [4.78, 5) is 0. The lowest BCUT2D eigenvalue weighted by atomic mass is 10.0. The fourth-order valence-corrected chi connectivity index (χ4v) is 3.54. The van der Waals surface area contributed by atoms with Crippen LogP contribution >= 0.6 is 0 Å². The number of ether oxygens (including phenoxy) is 1. The molecule has 3 aromatic carbocycles. The number of fused-ring (bicyclic) bond motifs is 3. The third-order valence-electron chi connectivity index (χ3n) is 4.59. The Morgan fingerprint density at radius 1 is 0.917 bits per heavy atom. The molecule has 0 saturated carbocycles. The van der Waals surface area contributed by atoms with E-state index in [2.05, 4.69) is 86.8 Å². The van der Waals surface area contributed by atoms with Crippen molar-refractivity contribution in [2.75, 3.05) is 5.32 Å². The van der Waals surface area contributed by atoms with E-state index in [0.717, 1.165) is 17.0 Å². The maximum Gasteiger partial charge on any atom is 0.189 e. The molecule has 0 amide bonds. The van der Waals surface area contributed by atoms with Crippen LogP contribution in [0.3, 0.4) is 0 Å². The molecule has 0 aromatic heterocycles. The summed E-state index contributed by atoms with van der Waals surface area (Å²) in [5.74, 6) is 0.927. The zero-order chi connectivity index (χ0) is 16.7. The highest BCUT2D eigenvalue weighted by Crippen LogP contribution is 2.33. The third-order valence-corrected chi connectivity index (χ3v) is 4.59. The van der Waals surface area contributed by atoms with Gasteiger partial charge in [0.25, 0.3) is 0 Å². The molecular weight excluding hydrogens is 294 g/mol. The molecule has 0 aliphatic carbocycles. The first-order valence-corrected chi connectivity index (χ1v) is 8.33. The minimum Gasteiger partial charge on any atom is -0.466 e. The first-order valence-electron chi connectivity index (χ1n) is 8.33. The number of hydrogen-bond donors (Lipinski definition) is 1. The van der Waals surface area contributed by atoms with E-state index < -0.39 is 0 Å². The lowest BCUT2D eigenvalue weighted by Gasteiger charge is -2.25. The zero-order valence-electron chi connectivity index (χ0n) is 14.3. The summed E-state index contributed by atoms with van der Waals surface area (Å²) in [6, 6.07) is 17.0. The van der Waals surface area contributed by atoms with Gasteiger partial charge in [0.05, 0.1) is 0 Å². The molecule has 1 aliphatic heterocycles. The highest BCUT2D eigenvalue weighted by Gasteiger charge is 2.17. The second-order valence-electron chi connectivity index (χ2n) is 6.51. The smallest absolute Gasteiger partial charge is 0.189 e. The number of aryl methyl sites for hydroxylation is 3. The van der Waals surface area contributed by atoms with Crippen LogP contribution in [0.4, 0.5) is 5.69 Å².